The molecule has 0 radical (unpaired) electrons. The van der Waals surface area contributed by atoms with Crippen LogP contribution in [0, 0.1) is 11.3 Å². The summed E-state index contributed by atoms with van der Waals surface area (Å²) in [5, 5.41) is 17.9. The molecule has 0 spiro atoms. The number of para-hydroxylation sites is 1. The summed E-state index contributed by atoms with van der Waals surface area (Å²) < 4.78 is 5.48. The topological polar surface area (TPSA) is 66.1 Å². The van der Waals surface area contributed by atoms with Crippen LogP contribution >= 0.6 is 0 Å². The Morgan fingerprint density at radius 2 is 1.88 bits per heavy atom. The largest absolute Gasteiger partial charge is 0.439 e. The van der Waals surface area contributed by atoms with Crippen molar-refractivity contribution in [2.24, 2.45) is 0 Å². The number of aromatic nitrogens is 1. The van der Waals surface area contributed by atoms with Crippen LogP contribution in [-0.2, 0) is 0 Å². The Morgan fingerprint density at radius 1 is 1.12 bits per heavy atom. The Hall–Kier alpha value is -2.38. The second-order valence-corrected chi connectivity index (χ2v) is 3.35. The van der Waals surface area contributed by atoms with Gasteiger partial charge in [-0.25, -0.2) is 4.98 Å². The Bertz CT molecular complexity index is 535. The molecule has 17 heavy (non-hydrogen) atoms. The molecule has 0 aliphatic heterocycles. The highest BCUT2D eigenvalue weighted by Crippen LogP contribution is 2.20. The van der Waals surface area contributed by atoms with E-state index in [-0.39, 0.29) is 5.69 Å². The van der Waals surface area contributed by atoms with Gasteiger partial charge >= 0.3 is 0 Å². The van der Waals surface area contributed by atoms with Gasteiger partial charge in [0.2, 0.25) is 5.88 Å². The van der Waals surface area contributed by atoms with Crippen LogP contribution in [0.15, 0.2) is 48.5 Å². The summed E-state index contributed by atoms with van der Waals surface area (Å²) in [6, 6.07) is 15.8. The molecule has 2 aromatic rings. The first-order chi connectivity index (χ1) is 8.29. The van der Waals surface area contributed by atoms with Crippen LogP contribution in [0.25, 0.3) is 0 Å². The summed E-state index contributed by atoms with van der Waals surface area (Å²) in [4.78, 5) is 4.04. The van der Waals surface area contributed by atoms with Crippen LogP contribution in [0.1, 0.15) is 11.8 Å². The standard InChI is InChI=1S/C13H10N2O2/c14-9-12(16)11-7-4-8-13(15-11)17-10-5-2-1-3-6-10/h1-8,12,16H/t12-/m0/s1. The van der Waals surface area contributed by atoms with Crippen LogP contribution < -0.4 is 4.74 Å². The lowest BCUT2D eigenvalue weighted by molar-refractivity contribution is 0.229. The van der Waals surface area contributed by atoms with Crippen molar-refractivity contribution >= 4 is 0 Å². The van der Waals surface area contributed by atoms with E-state index in [1.165, 1.54) is 0 Å². The number of benzene rings is 1. The Labute approximate surface area is 98.7 Å². The molecule has 0 fully saturated rings. The molecular weight excluding hydrogens is 216 g/mol. The first-order valence-corrected chi connectivity index (χ1v) is 5.07. The van der Waals surface area contributed by atoms with Gasteiger partial charge in [-0.3, -0.25) is 0 Å². The normalized spacial score (nSPS) is 11.5. The Kier molecular flexibility index (Phi) is 3.34. The number of pyridine rings is 1. The van der Waals surface area contributed by atoms with E-state index in [0.717, 1.165) is 0 Å². The minimum Gasteiger partial charge on any atom is -0.439 e. The lowest BCUT2D eigenvalue weighted by Crippen LogP contribution is -1.98. The summed E-state index contributed by atoms with van der Waals surface area (Å²) in [6.07, 6.45) is -1.23. The first-order valence-electron chi connectivity index (χ1n) is 5.07. The van der Waals surface area contributed by atoms with Crippen molar-refractivity contribution in [1.29, 1.82) is 5.26 Å². The average molecular weight is 226 g/mol. The minimum absolute atomic E-state index is 0.279. The molecule has 1 heterocycles. The van der Waals surface area contributed by atoms with Gasteiger partial charge < -0.3 is 9.84 Å². The third-order valence-electron chi connectivity index (χ3n) is 2.11. The van der Waals surface area contributed by atoms with Crippen LogP contribution in [0.4, 0.5) is 0 Å². The van der Waals surface area contributed by atoms with Gasteiger partial charge in [0, 0.05) is 6.07 Å². The molecule has 0 aliphatic rings. The fourth-order valence-electron chi connectivity index (χ4n) is 1.32. The van der Waals surface area contributed by atoms with E-state index in [0.29, 0.717) is 11.6 Å². The fraction of sp³-hybridized carbons (Fsp3) is 0.0769. The molecule has 0 unspecified atom stereocenters. The fourth-order valence-corrected chi connectivity index (χ4v) is 1.32. The molecule has 0 amide bonds. The predicted molar refractivity (Wildman–Crippen MR) is 61.3 cm³/mol. The summed E-state index contributed by atoms with van der Waals surface area (Å²) in [5.74, 6) is 1.01. The van der Waals surface area contributed by atoms with Gasteiger partial charge in [0.05, 0.1) is 5.69 Å². The third-order valence-corrected chi connectivity index (χ3v) is 2.11. The van der Waals surface area contributed by atoms with E-state index in [2.05, 4.69) is 4.98 Å². The molecule has 0 saturated carbocycles. The number of nitriles is 1. The Balaban J connectivity index is 2.20. The SMILES string of the molecule is N#C[C@H](O)c1cccc(Oc2ccccc2)n1. The van der Waals surface area contributed by atoms with Gasteiger partial charge in [-0.1, -0.05) is 24.3 Å². The van der Waals surface area contributed by atoms with Crippen molar-refractivity contribution in [2.75, 3.05) is 0 Å². The van der Waals surface area contributed by atoms with Crippen molar-refractivity contribution < 1.29 is 9.84 Å². The summed E-state index contributed by atoms with van der Waals surface area (Å²) in [6.45, 7) is 0. The third kappa shape index (κ3) is 2.80. The van der Waals surface area contributed by atoms with Gasteiger partial charge in [0.15, 0.2) is 6.10 Å². The molecule has 4 nitrogen and oxygen atoms in total. The van der Waals surface area contributed by atoms with Crippen LogP contribution in [-0.4, -0.2) is 10.1 Å². The van der Waals surface area contributed by atoms with Crippen LogP contribution in [0.5, 0.6) is 11.6 Å². The second-order valence-electron chi connectivity index (χ2n) is 3.35. The first kappa shape index (κ1) is 11.1. The zero-order chi connectivity index (χ0) is 12.1. The summed E-state index contributed by atoms with van der Waals surface area (Å²) in [5.41, 5.74) is 0.279. The van der Waals surface area contributed by atoms with Gasteiger partial charge in [0.1, 0.15) is 11.8 Å². The maximum absolute atomic E-state index is 9.34. The number of hydrogen-bond donors (Lipinski definition) is 1. The summed E-state index contributed by atoms with van der Waals surface area (Å²) >= 11 is 0. The number of nitrogens with zero attached hydrogens (tertiary/aromatic N) is 2. The molecule has 0 saturated heterocycles. The van der Waals surface area contributed by atoms with Gasteiger partial charge in [-0.2, -0.15) is 5.26 Å². The summed E-state index contributed by atoms with van der Waals surface area (Å²) in [7, 11) is 0. The lowest BCUT2D eigenvalue weighted by Gasteiger charge is -2.06. The highest BCUT2D eigenvalue weighted by Gasteiger charge is 2.08. The number of hydrogen-bond acceptors (Lipinski definition) is 4. The molecule has 4 heteroatoms. The van der Waals surface area contributed by atoms with Gasteiger partial charge in [0.25, 0.3) is 0 Å². The predicted octanol–water partition coefficient (Wildman–Crippen LogP) is 2.43. The molecule has 1 N–H and O–H groups in total. The molecule has 84 valence electrons. The lowest BCUT2D eigenvalue weighted by atomic mass is 10.2. The van der Waals surface area contributed by atoms with Crippen molar-refractivity contribution in [3.05, 3.63) is 54.2 Å². The van der Waals surface area contributed by atoms with E-state index in [1.54, 1.807) is 36.4 Å². The number of ether oxygens (including phenoxy) is 1. The van der Waals surface area contributed by atoms with Crippen molar-refractivity contribution in [3.8, 4) is 17.7 Å². The smallest absolute Gasteiger partial charge is 0.219 e. The van der Waals surface area contributed by atoms with E-state index in [1.807, 2.05) is 18.2 Å². The van der Waals surface area contributed by atoms with Crippen molar-refractivity contribution in [1.82, 2.24) is 4.98 Å². The number of aliphatic hydroxyl groups excluding tert-OH is 1. The number of rotatable bonds is 3. The van der Waals surface area contributed by atoms with Crippen LogP contribution in [0.3, 0.4) is 0 Å². The molecular formula is C13H10N2O2. The van der Waals surface area contributed by atoms with E-state index in [9.17, 15) is 5.11 Å². The highest BCUT2D eigenvalue weighted by atomic mass is 16.5. The monoisotopic (exact) mass is 226 g/mol. The number of aliphatic hydroxyl groups is 1. The zero-order valence-corrected chi connectivity index (χ0v) is 8.95. The van der Waals surface area contributed by atoms with Gasteiger partial charge in [-0.15, -0.1) is 0 Å². The molecule has 0 bridgehead atoms. The average Bonchev–Trinajstić information content (AvgIpc) is 2.39. The Morgan fingerprint density at radius 3 is 2.59 bits per heavy atom. The van der Waals surface area contributed by atoms with Crippen LogP contribution in [0.2, 0.25) is 0 Å². The van der Waals surface area contributed by atoms with E-state index < -0.39 is 6.10 Å². The molecule has 2 rings (SSSR count). The quantitative estimate of drug-likeness (QED) is 0.816. The molecule has 1 aromatic heterocycles. The van der Waals surface area contributed by atoms with E-state index in [4.69, 9.17) is 10.00 Å². The highest BCUT2D eigenvalue weighted by molar-refractivity contribution is 5.28. The maximum atomic E-state index is 9.34. The zero-order valence-electron chi connectivity index (χ0n) is 8.95. The van der Waals surface area contributed by atoms with E-state index >= 15 is 0 Å². The van der Waals surface area contributed by atoms with Crippen molar-refractivity contribution in [3.63, 3.8) is 0 Å². The van der Waals surface area contributed by atoms with Gasteiger partial charge in [-0.05, 0) is 18.2 Å². The molecule has 0 aliphatic carbocycles. The minimum atomic E-state index is -1.23. The van der Waals surface area contributed by atoms with Crippen molar-refractivity contribution in [2.45, 2.75) is 6.10 Å². The maximum Gasteiger partial charge on any atom is 0.219 e. The second kappa shape index (κ2) is 5.10. The molecule has 1 aromatic carbocycles. The molecule has 1 atom stereocenters.